The summed E-state index contributed by atoms with van der Waals surface area (Å²) in [6.07, 6.45) is -4.08. The summed E-state index contributed by atoms with van der Waals surface area (Å²) in [6.45, 7) is 8.12. The quantitative estimate of drug-likeness (QED) is 0.577. The van der Waals surface area contributed by atoms with Crippen molar-refractivity contribution in [2.45, 2.75) is 40.8 Å². The standard InChI is InChI=1S/C9H17F3/c1-6(2)7(8(3,4)5)9(10,11)12/h6-7H,1-5H3. The molecule has 0 bridgehead atoms. The highest BCUT2D eigenvalue weighted by molar-refractivity contribution is 4.82. The van der Waals surface area contributed by atoms with E-state index in [0.29, 0.717) is 0 Å². The highest BCUT2D eigenvalue weighted by Crippen LogP contribution is 2.43. The van der Waals surface area contributed by atoms with E-state index in [1.807, 2.05) is 0 Å². The van der Waals surface area contributed by atoms with Gasteiger partial charge in [0.2, 0.25) is 0 Å². The van der Waals surface area contributed by atoms with Crippen LogP contribution in [0.4, 0.5) is 13.2 Å². The predicted octanol–water partition coefficient (Wildman–Crippen LogP) is 3.87. The predicted molar refractivity (Wildman–Crippen MR) is 43.8 cm³/mol. The molecule has 0 fully saturated rings. The topological polar surface area (TPSA) is 0 Å². The molecule has 0 aliphatic rings. The Balaban J connectivity index is 4.70. The van der Waals surface area contributed by atoms with Crippen LogP contribution in [0.1, 0.15) is 34.6 Å². The largest absolute Gasteiger partial charge is 0.392 e. The molecule has 0 heterocycles. The van der Waals surface area contributed by atoms with E-state index >= 15 is 0 Å². The summed E-state index contributed by atoms with van der Waals surface area (Å²) in [7, 11) is 0. The minimum atomic E-state index is -4.08. The number of hydrogen-bond acceptors (Lipinski definition) is 0. The zero-order valence-corrected chi connectivity index (χ0v) is 8.29. The molecule has 0 rings (SSSR count). The van der Waals surface area contributed by atoms with Gasteiger partial charge in [0.1, 0.15) is 0 Å². The molecule has 3 heteroatoms. The number of halogens is 3. The molecule has 0 saturated carbocycles. The molecule has 1 atom stereocenters. The van der Waals surface area contributed by atoms with Crippen molar-refractivity contribution in [3.8, 4) is 0 Å². The van der Waals surface area contributed by atoms with Crippen LogP contribution < -0.4 is 0 Å². The van der Waals surface area contributed by atoms with Gasteiger partial charge in [0, 0.05) is 0 Å². The molecule has 0 aliphatic carbocycles. The minimum absolute atomic E-state index is 0.356. The van der Waals surface area contributed by atoms with E-state index < -0.39 is 17.5 Å². The van der Waals surface area contributed by atoms with Crippen molar-refractivity contribution in [2.24, 2.45) is 17.3 Å². The smallest absolute Gasteiger partial charge is 0.171 e. The van der Waals surface area contributed by atoms with E-state index in [-0.39, 0.29) is 5.92 Å². The average molecular weight is 182 g/mol. The SMILES string of the molecule is CC(C)C(C(C)(C)C)C(F)(F)F. The first-order valence-electron chi connectivity index (χ1n) is 4.13. The van der Waals surface area contributed by atoms with E-state index in [1.54, 1.807) is 34.6 Å². The van der Waals surface area contributed by atoms with Crippen molar-refractivity contribution in [1.29, 1.82) is 0 Å². The molecule has 0 spiro atoms. The van der Waals surface area contributed by atoms with Gasteiger partial charge in [-0.2, -0.15) is 13.2 Å². The Hall–Kier alpha value is -0.210. The molecule has 0 aromatic heterocycles. The fraction of sp³-hybridized carbons (Fsp3) is 1.00. The van der Waals surface area contributed by atoms with Gasteiger partial charge in [0.25, 0.3) is 0 Å². The van der Waals surface area contributed by atoms with Crippen LogP contribution >= 0.6 is 0 Å². The molecule has 0 aromatic rings. The third-order valence-electron chi connectivity index (χ3n) is 1.95. The average Bonchev–Trinajstić information content (AvgIpc) is 1.49. The zero-order valence-electron chi connectivity index (χ0n) is 8.29. The van der Waals surface area contributed by atoms with Crippen molar-refractivity contribution in [3.05, 3.63) is 0 Å². The van der Waals surface area contributed by atoms with Gasteiger partial charge in [-0.3, -0.25) is 0 Å². The third-order valence-corrected chi connectivity index (χ3v) is 1.95. The van der Waals surface area contributed by atoms with Gasteiger partial charge >= 0.3 is 6.18 Å². The minimum Gasteiger partial charge on any atom is -0.171 e. The molecule has 0 aromatic carbocycles. The van der Waals surface area contributed by atoms with Gasteiger partial charge in [0.15, 0.2) is 0 Å². The van der Waals surface area contributed by atoms with Crippen molar-refractivity contribution < 1.29 is 13.2 Å². The molecule has 0 nitrogen and oxygen atoms in total. The molecule has 0 aliphatic heterocycles. The van der Waals surface area contributed by atoms with Crippen molar-refractivity contribution in [1.82, 2.24) is 0 Å². The summed E-state index contributed by atoms with van der Waals surface area (Å²) >= 11 is 0. The van der Waals surface area contributed by atoms with Gasteiger partial charge in [-0.15, -0.1) is 0 Å². The Kier molecular flexibility index (Phi) is 3.21. The van der Waals surface area contributed by atoms with Crippen LogP contribution in [0.25, 0.3) is 0 Å². The van der Waals surface area contributed by atoms with Gasteiger partial charge in [-0.25, -0.2) is 0 Å². The molecule has 0 saturated heterocycles. The maximum Gasteiger partial charge on any atom is 0.392 e. The van der Waals surface area contributed by atoms with Crippen LogP contribution in [0.15, 0.2) is 0 Å². The van der Waals surface area contributed by atoms with Gasteiger partial charge in [-0.05, 0) is 11.3 Å². The van der Waals surface area contributed by atoms with Crippen LogP contribution in [0, 0.1) is 17.3 Å². The lowest BCUT2D eigenvalue weighted by Crippen LogP contribution is -2.38. The monoisotopic (exact) mass is 182 g/mol. The highest BCUT2D eigenvalue weighted by atomic mass is 19.4. The fourth-order valence-corrected chi connectivity index (χ4v) is 1.87. The van der Waals surface area contributed by atoms with Crippen LogP contribution in [0.2, 0.25) is 0 Å². The lowest BCUT2D eigenvalue weighted by atomic mass is 9.74. The Morgan fingerprint density at radius 2 is 1.25 bits per heavy atom. The first kappa shape index (κ1) is 11.8. The third kappa shape index (κ3) is 3.03. The lowest BCUT2D eigenvalue weighted by molar-refractivity contribution is -0.212. The summed E-state index contributed by atoms with van der Waals surface area (Å²) < 4.78 is 37.4. The van der Waals surface area contributed by atoms with Crippen LogP contribution in [0.3, 0.4) is 0 Å². The van der Waals surface area contributed by atoms with Crippen molar-refractivity contribution >= 4 is 0 Å². The summed E-state index contributed by atoms with van der Waals surface area (Å²) in [4.78, 5) is 0. The Morgan fingerprint density at radius 1 is 0.917 bits per heavy atom. The summed E-state index contributed by atoms with van der Waals surface area (Å²) in [6, 6.07) is 0. The van der Waals surface area contributed by atoms with Gasteiger partial charge in [-0.1, -0.05) is 34.6 Å². The zero-order chi connectivity index (χ0) is 10.2. The normalized spacial score (nSPS) is 16.8. The first-order chi connectivity index (χ1) is 5.07. The molecule has 0 N–H and O–H groups in total. The second-order valence-electron chi connectivity index (χ2n) is 4.63. The Bertz CT molecular complexity index is 125. The van der Waals surface area contributed by atoms with Gasteiger partial charge in [0.05, 0.1) is 5.92 Å². The number of alkyl halides is 3. The second-order valence-corrected chi connectivity index (χ2v) is 4.63. The van der Waals surface area contributed by atoms with Crippen LogP contribution in [-0.4, -0.2) is 6.18 Å². The highest BCUT2D eigenvalue weighted by Gasteiger charge is 2.48. The fourth-order valence-electron chi connectivity index (χ4n) is 1.87. The van der Waals surface area contributed by atoms with Crippen molar-refractivity contribution in [2.75, 3.05) is 0 Å². The second kappa shape index (κ2) is 3.27. The molecule has 12 heavy (non-hydrogen) atoms. The van der Waals surface area contributed by atoms with Crippen LogP contribution in [-0.2, 0) is 0 Å². The molecule has 1 unspecified atom stereocenters. The summed E-state index contributed by atoms with van der Waals surface area (Å²) in [5.41, 5.74) is -0.702. The Morgan fingerprint density at radius 3 is 1.25 bits per heavy atom. The Labute approximate surface area is 72.2 Å². The number of rotatable bonds is 1. The van der Waals surface area contributed by atoms with E-state index in [2.05, 4.69) is 0 Å². The van der Waals surface area contributed by atoms with E-state index in [1.165, 1.54) is 0 Å². The van der Waals surface area contributed by atoms with E-state index in [9.17, 15) is 13.2 Å². The van der Waals surface area contributed by atoms with Crippen LogP contribution in [0.5, 0.6) is 0 Å². The first-order valence-corrected chi connectivity index (χ1v) is 4.13. The molecular weight excluding hydrogens is 165 g/mol. The lowest BCUT2D eigenvalue weighted by Gasteiger charge is -2.35. The maximum atomic E-state index is 12.5. The van der Waals surface area contributed by atoms with Gasteiger partial charge < -0.3 is 0 Å². The maximum absolute atomic E-state index is 12.5. The summed E-state index contributed by atoms with van der Waals surface area (Å²) in [5, 5.41) is 0. The van der Waals surface area contributed by atoms with E-state index in [4.69, 9.17) is 0 Å². The molecule has 0 amide bonds. The van der Waals surface area contributed by atoms with E-state index in [0.717, 1.165) is 0 Å². The summed E-state index contributed by atoms with van der Waals surface area (Å²) in [5.74, 6) is -1.57. The number of hydrogen-bond donors (Lipinski definition) is 0. The van der Waals surface area contributed by atoms with Crippen molar-refractivity contribution in [3.63, 3.8) is 0 Å². The molecular formula is C9H17F3. The molecule has 74 valence electrons. The molecule has 0 radical (unpaired) electrons.